The van der Waals surface area contributed by atoms with Crippen LogP contribution < -0.4 is 5.32 Å². The number of benzene rings is 1. The second kappa shape index (κ2) is 8.23. The van der Waals surface area contributed by atoms with Crippen molar-refractivity contribution in [2.24, 2.45) is 0 Å². The number of urea groups is 1. The van der Waals surface area contributed by atoms with Gasteiger partial charge in [0.2, 0.25) is 0 Å². The number of amides is 2. The van der Waals surface area contributed by atoms with Gasteiger partial charge in [-0.2, -0.15) is 0 Å². The van der Waals surface area contributed by atoms with Gasteiger partial charge in [-0.1, -0.05) is 17.9 Å². The molecule has 108 valence electrons. The lowest BCUT2D eigenvalue weighted by atomic mass is 10.1. The van der Waals surface area contributed by atoms with Gasteiger partial charge in [0, 0.05) is 30.8 Å². The Balaban J connectivity index is 2.87. The number of nitrogens with zero attached hydrogens (tertiary/aromatic N) is 1. The normalized spacial score (nSPS) is 9.60. The first-order valence-corrected chi connectivity index (χ1v) is 6.88. The minimum Gasteiger partial charge on any atom is -0.395 e. The Kier molecular flexibility index (Phi) is 6.61. The third-order valence-electron chi connectivity index (χ3n) is 3.00. The summed E-state index contributed by atoms with van der Waals surface area (Å²) in [6, 6.07) is 5.60. The maximum atomic E-state index is 12.0. The van der Waals surface area contributed by atoms with Gasteiger partial charge in [0.1, 0.15) is 0 Å². The molecular weight excluding hydrogens is 252 g/mol. The molecule has 20 heavy (non-hydrogen) atoms. The van der Waals surface area contributed by atoms with Crippen molar-refractivity contribution in [3.63, 3.8) is 0 Å². The fourth-order valence-electron chi connectivity index (χ4n) is 1.76. The maximum absolute atomic E-state index is 12.0. The number of rotatable bonds is 4. The van der Waals surface area contributed by atoms with Gasteiger partial charge in [0.05, 0.1) is 6.61 Å². The average molecular weight is 274 g/mol. The van der Waals surface area contributed by atoms with Crippen LogP contribution in [0.15, 0.2) is 18.2 Å². The fraction of sp³-hybridized carbons (Fsp3) is 0.438. The van der Waals surface area contributed by atoms with Crippen molar-refractivity contribution in [1.82, 2.24) is 4.90 Å². The Morgan fingerprint density at radius 2 is 2.05 bits per heavy atom. The first-order valence-electron chi connectivity index (χ1n) is 6.88. The monoisotopic (exact) mass is 274 g/mol. The summed E-state index contributed by atoms with van der Waals surface area (Å²) < 4.78 is 0. The van der Waals surface area contributed by atoms with Crippen LogP contribution in [0.1, 0.15) is 31.4 Å². The van der Waals surface area contributed by atoms with Crippen molar-refractivity contribution >= 4 is 11.7 Å². The molecule has 0 aliphatic carbocycles. The molecule has 0 unspecified atom stereocenters. The van der Waals surface area contributed by atoms with Gasteiger partial charge in [0.25, 0.3) is 0 Å². The highest BCUT2D eigenvalue weighted by Crippen LogP contribution is 2.17. The Labute approximate surface area is 120 Å². The third-order valence-corrected chi connectivity index (χ3v) is 3.00. The number of carbonyl (C=O) groups is 1. The number of hydrogen-bond acceptors (Lipinski definition) is 2. The van der Waals surface area contributed by atoms with E-state index in [1.54, 1.807) is 4.90 Å². The minimum atomic E-state index is -0.0985. The standard InChI is InChI=1S/C16H22N2O2/c1-4-18(5-2)16(20)17-15-12-14(8-6-7-11-19)10-9-13(15)3/h9-10,12,19H,4-5,7,11H2,1-3H3,(H,17,20). The molecule has 0 atom stereocenters. The van der Waals surface area contributed by atoms with Crippen LogP contribution in [0.5, 0.6) is 0 Å². The van der Waals surface area contributed by atoms with E-state index in [9.17, 15) is 4.79 Å². The van der Waals surface area contributed by atoms with Gasteiger partial charge >= 0.3 is 6.03 Å². The van der Waals surface area contributed by atoms with Crippen LogP contribution in [0.2, 0.25) is 0 Å². The molecule has 4 nitrogen and oxygen atoms in total. The van der Waals surface area contributed by atoms with Gasteiger partial charge in [-0.15, -0.1) is 0 Å². The van der Waals surface area contributed by atoms with Gasteiger partial charge in [0.15, 0.2) is 0 Å². The van der Waals surface area contributed by atoms with Crippen molar-refractivity contribution in [2.45, 2.75) is 27.2 Å². The van der Waals surface area contributed by atoms with Gasteiger partial charge in [-0.25, -0.2) is 4.79 Å². The fourth-order valence-corrected chi connectivity index (χ4v) is 1.76. The van der Waals surface area contributed by atoms with E-state index >= 15 is 0 Å². The third kappa shape index (κ3) is 4.60. The average Bonchev–Trinajstić information content (AvgIpc) is 2.44. The quantitative estimate of drug-likeness (QED) is 0.829. The van der Waals surface area contributed by atoms with E-state index in [2.05, 4.69) is 17.2 Å². The Hall–Kier alpha value is -1.99. The van der Waals surface area contributed by atoms with Crippen molar-refractivity contribution in [3.05, 3.63) is 29.3 Å². The number of aliphatic hydroxyl groups is 1. The highest BCUT2D eigenvalue weighted by molar-refractivity contribution is 5.90. The number of aliphatic hydroxyl groups excluding tert-OH is 1. The summed E-state index contributed by atoms with van der Waals surface area (Å²) in [5, 5.41) is 11.6. The Morgan fingerprint density at radius 1 is 1.35 bits per heavy atom. The smallest absolute Gasteiger partial charge is 0.321 e. The molecule has 0 aliphatic heterocycles. The summed E-state index contributed by atoms with van der Waals surface area (Å²) in [7, 11) is 0. The largest absolute Gasteiger partial charge is 0.395 e. The number of hydrogen-bond donors (Lipinski definition) is 2. The van der Waals surface area contributed by atoms with E-state index in [0.717, 1.165) is 16.8 Å². The molecule has 0 saturated carbocycles. The summed E-state index contributed by atoms with van der Waals surface area (Å²) in [5.41, 5.74) is 2.61. The van der Waals surface area contributed by atoms with E-state index in [1.807, 2.05) is 39.0 Å². The van der Waals surface area contributed by atoms with Crippen LogP contribution in [0.25, 0.3) is 0 Å². The van der Waals surface area contributed by atoms with Crippen LogP contribution in [0.4, 0.5) is 10.5 Å². The molecule has 0 aromatic heterocycles. The Bertz CT molecular complexity index is 511. The topological polar surface area (TPSA) is 52.6 Å². The number of nitrogens with one attached hydrogen (secondary N) is 1. The number of aryl methyl sites for hydroxylation is 1. The first-order chi connectivity index (χ1) is 9.62. The summed E-state index contributed by atoms with van der Waals surface area (Å²) in [6.45, 7) is 7.27. The van der Waals surface area contributed by atoms with Gasteiger partial charge in [-0.05, 0) is 38.5 Å². The van der Waals surface area contributed by atoms with Crippen molar-refractivity contribution in [2.75, 3.05) is 25.0 Å². The second-order valence-electron chi connectivity index (χ2n) is 4.41. The highest BCUT2D eigenvalue weighted by Gasteiger charge is 2.10. The zero-order valence-corrected chi connectivity index (χ0v) is 12.4. The number of carbonyl (C=O) groups excluding carboxylic acids is 1. The molecule has 0 fully saturated rings. The maximum Gasteiger partial charge on any atom is 0.321 e. The molecule has 1 aromatic carbocycles. The summed E-state index contributed by atoms with van der Waals surface area (Å²) in [4.78, 5) is 13.8. The zero-order valence-electron chi connectivity index (χ0n) is 12.4. The minimum absolute atomic E-state index is 0.0599. The predicted molar refractivity (Wildman–Crippen MR) is 81.7 cm³/mol. The second-order valence-corrected chi connectivity index (χ2v) is 4.41. The van der Waals surface area contributed by atoms with Crippen molar-refractivity contribution < 1.29 is 9.90 Å². The molecule has 2 amide bonds. The highest BCUT2D eigenvalue weighted by atomic mass is 16.2. The molecule has 0 saturated heterocycles. The first kappa shape index (κ1) is 16.1. The van der Waals surface area contributed by atoms with E-state index < -0.39 is 0 Å². The lowest BCUT2D eigenvalue weighted by Crippen LogP contribution is -2.34. The Morgan fingerprint density at radius 3 is 2.65 bits per heavy atom. The summed E-state index contributed by atoms with van der Waals surface area (Å²) in [5.74, 6) is 5.84. The number of anilines is 1. The van der Waals surface area contributed by atoms with Crippen molar-refractivity contribution in [3.8, 4) is 11.8 Å². The van der Waals surface area contributed by atoms with Crippen LogP contribution >= 0.6 is 0 Å². The van der Waals surface area contributed by atoms with Crippen LogP contribution in [0, 0.1) is 18.8 Å². The molecule has 0 heterocycles. The van der Waals surface area contributed by atoms with Crippen LogP contribution in [-0.2, 0) is 0 Å². The molecule has 0 radical (unpaired) electrons. The van der Waals surface area contributed by atoms with Crippen molar-refractivity contribution in [1.29, 1.82) is 0 Å². The molecular formula is C16H22N2O2. The van der Waals surface area contributed by atoms with E-state index in [4.69, 9.17) is 5.11 Å². The predicted octanol–water partition coefficient (Wildman–Crippen LogP) is 2.60. The molecule has 0 aliphatic rings. The van der Waals surface area contributed by atoms with Crippen LogP contribution in [-0.4, -0.2) is 35.7 Å². The lowest BCUT2D eigenvalue weighted by molar-refractivity contribution is 0.217. The van der Waals surface area contributed by atoms with Gasteiger partial charge in [-0.3, -0.25) is 0 Å². The van der Waals surface area contributed by atoms with Gasteiger partial charge < -0.3 is 15.3 Å². The SMILES string of the molecule is CCN(CC)C(=O)Nc1cc(C#CCCO)ccc1C. The summed E-state index contributed by atoms with van der Waals surface area (Å²) >= 11 is 0. The molecule has 1 aromatic rings. The zero-order chi connectivity index (χ0) is 15.0. The van der Waals surface area contributed by atoms with E-state index in [0.29, 0.717) is 19.5 Å². The van der Waals surface area contributed by atoms with E-state index in [1.165, 1.54) is 0 Å². The molecule has 1 rings (SSSR count). The molecule has 4 heteroatoms. The van der Waals surface area contributed by atoms with E-state index in [-0.39, 0.29) is 12.6 Å². The van der Waals surface area contributed by atoms with Crippen LogP contribution in [0.3, 0.4) is 0 Å². The molecule has 0 bridgehead atoms. The summed E-state index contributed by atoms with van der Waals surface area (Å²) in [6.07, 6.45) is 0.453. The molecule has 0 spiro atoms. The lowest BCUT2D eigenvalue weighted by Gasteiger charge is -2.20. The molecule has 2 N–H and O–H groups in total.